The molecular weight excluding hydrogens is 257 g/mol. The third kappa shape index (κ3) is 2.44. The molecule has 2 aliphatic rings. The molecule has 1 saturated heterocycles. The third-order valence-electron chi connectivity index (χ3n) is 4.41. The molecule has 2 unspecified atom stereocenters. The van der Waals surface area contributed by atoms with E-state index in [1.165, 1.54) is 18.6 Å². The number of morpholine rings is 1. The molecule has 0 bridgehead atoms. The largest absolute Gasteiger partial charge is 0.374 e. The number of fused-ring (bicyclic) bond motifs is 1. The van der Waals surface area contributed by atoms with Crippen LogP contribution in [0.3, 0.4) is 0 Å². The van der Waals surface area contributed by atoms with Crippen LogP contribution in [0.15, 0.2) is 18.2 Å². The summed E-state index contributed by atoms with van der Waals surface area (Å²) in [6, 6.07) is 4.57. The fourth-order valence-corrected chi connectivity index (χ4v) is 3.37. The van der Waals surface area contributed by atoms with Crippen molar-refractivity contribution in [2.45, 2.75) is 44.8 Å². The minimum Gasteiger partial charge on any atom is -0.374 e. The topological polar surface area (TPSA) is 29.5 Å². The van der Waals surface area contributed by atoms with Gasteiger partial charge in [0.1, 0.15) is 5.82 Å². The number of carbonyl (C=O) groups is 1. The fourth-order valence-electron chi connectivity index (χ4n) is 3.37. The predicted octanol–water partition coefficient (Wildman–Crippen LogP) is 2.92. The van der Waals surface area contributed by atoms with E-state index >= 15 is 0 Å². The monoisotopic (exact) mass is 277 g/mol. The van der Waals surface area contributed by atoms with E-state index in [4.69, 9.17) is 4.74 Å². The molecule has 1 saturated carbocycles. The zero-order valence-electron chi connectivity index (χ0n) is 11.8. The molecule has 1 aliphatic heterocycles. The van der Waals surface area contributed by atoms with Crippen LogP contribution >= 0.6 is 0 Å². The molecule has 1 aliphatic carbocycles. The van der Waals surface area contributed by atoms with Gasteiger partial charge in [-0.05, 0) is 43.5 Å². The Balaban J connectivity index is 1.85. The van der Waals surface area contributed by atoms with Crippen LogP contribution in [0, 0.1) is 12.7 Å². The van der Waals surface area contributed by atoms with Gasteiger partial charge in [0.15, 0.2) is 0 Å². The predicted molar refractivity (Wildman–Crippen MR) is 74.2 cm³/mol. The lowest BCUT2D eigenvalue weighted by Gasteiger charge is -2.44. The van der Waals surface area contributed by atoms with Crippen LogP contribution in [-0.2, 0) is 4.74 Å². The molecule has 108 valence electrons. The number of hydrogen-bond acceptors (Lipinski definition) is 2. The molecular formula is C16H20FNO2. The van der Waals surface area contributed by atoms with E-state index in [1.54, 1.807) is 13.0 Å². The molecule has 20 heavy (non-hydrogen) atoms. The summed E-state index contributed by atoms with van der Waals surface area (Å²) < 4.78 is 19.0. The van der Waals surface area contributed by atoms with Gasteiger partial charge < -0.3 is 9.64 Å². The highest BCUT2D eigenvalue weighted by Gasteiger charge is 2.37. The highest BCUT2D eigenvalue weighted by Crippen LogP contribution is 2.29. The summed E-state index contributed by atoms with van der Waals surface area (Å²) in [5.74, 6) is -0.278. The maximum atomic E-state index is 13.2. The molecule has 3 rings (SSSR count). The van der Waals surface area contributed by atoms with Crippen molar-refractivity contribution in [1.82, 2.24) is 4.90 Å². The molecule has 0 aromatic heterocycles. The second kappa shape index (κ2) is 5.52. The summed E-state index contributed by atoms with van der Waals surface area (Å²) in [5, 5.41) is 0. The SMILES string of the molecule is Cc1cc(F)ccc1C(=O)N1CCOC2CCCCC21. The van der Waals surface area contributed by atoms with Gasteiger partial charge >= 0.3 is 0 Å². The van der Waals surface area contributed by atoms with E-state index in [-0.39, 0.29) is 23.9 Å². The molecule has 1 amide bonds. The highest BCUT2D eigenvalue weighted by molar-refractivity contribution is 5.96. The highest BCUT2D eigenvalue weighted by atomic mass is 19.1. The van der Waals surface area contributed by atoms with Gasteiger partial charge in [-0.25, -0.2) is 4.39 Å². The van der Waals surface area contributed by atoms with Gasteiger partial charge in [-0.1, -0.05) is 12.8 Å². The van der Waals surface area contributed by atoms with Crippen LogP contribution in [0.4, 0.5) is 4.39 Å². The minimum absolute atomic E-state index is 0.0164. The smallest absolute Gasteiger partial charge is 0.254 e. The van der Waals surface area contributed by atoms with Crippen molar-refractivity contribution in [3.05, 3.63) is 35.1 Å². The average molecular weight is 277 g/mol. The standard InChI is InChI=1S/C16H20FNO2/c1-11-10-12(17)6-7-13(11)16(19)18-8-9-20-15-5-3-2-4-14(15)18/h6-7,10,14-15H,2-5,8-9H2,1H3. The van der Waals surface area contributed by atoms with Crippen molar-refractivity contribution in [1.29, 1.82) is 0 Å². The molecule has 1 heterocycles. The summed E-state index contributed by atoms with van der Waals surface area (Å²) in [6.07, 6.45) is 4.56. The summed E-state index contributed by atoms with van der Waals surface area (Å²) in [4.78, 5) is 14.7. The minimum atomic E-state index is -0.295. The lowest BCUT2D eigenvalue weighted by molar-refractivity contribution is -0.0753. The van der Waals surface area contributed by atoms with E-state index < -0.39 is 0 Å². The van der Waals surface area contributed by atoms with E-state index in [9.17, 15) is 9.18 Å². The van der Waals surface area contributed by atoms with Gasteiger partial charge in [0.2, 0.25) is 0 Å². The summed E-state index contributed by atoms with van der Waals surface area (Å²) in [6.45, 7) is 3.03. The Kier molecular flexibility index (Phi) is 3.74. The third-order valence-corrected chi connectivity index (χ3v) is 4.41. The van der Waals surface area contributed by atoms with Crippen LogP contribution in [0.5, 0.6) is 0 Å². The number of nitrogens with zero attached hydrogens (tertiary/aromatic N) is 1. The van der Waals surface area contributed by atoms with Gasteiger partial charge in [0, 0.05) is 12.1 Å². The van der Waals surface area contributed by atoms with E-state index in [2.05, 4.69) is 0 Å². The fraction of sp³-hybridized carbons (Fsp3) is 0.562. The lowest BCUT2D eigenvalue weighted by Crippen LogP contribution is -2.54. The number of hydrogen-bond donors (Lipinski definition) is 0. The van der Waals surface area contributed by atoms with Crippen molar-refractivity contribution in [3.63, 3.8) is 0 Å². The molecule has 2 fully saturated rings. The zero-order valence-corrected chi connectivity index (χ0v) is 11.8. The normalized spacial score (nSPS) is 26.2. The maximum absolute atomic E-state index is 13.2. The van der Waals surface area contributed by atoms with E-state index in [1.807, 2.05) is 4.90 Å². The first kappa shape index (κ1) is 13.6. The number of aryl methyl sites for hydroxylation is 1. The molecule has 2 atom stereocenters. The Morgan fingerprint density at radius 1 is 1.35 bits per heavy atom. The summed E-state index contributed by atoms with van der Waals surface area (Å²) in [7, 11) is 0. The van der Waals surface area contributed by atoms with Crippen molar-refractivity contribution >= 4 is 5.91 Å². The van der Waals surface area contributed by atoms with Gasteiger partial charge in [-0.3, -0.25) is 4.79 Å². The number of halogens is 1. The van der Waals surface area contributed by atoms with Gasteiger partial charge in [0.25, 0.3) is 5.91 Å². The molecule has 1 aromatic carbocycles. The van der Waals surface area contributed by atoms with E-state index in [0.717, 1.165) is 19.3 Å². The van der Waals surface area contributed by atoms with Crippen molar-refractivity contribution in [2.24, 2.45) is 0 Å². The Morgan fingerprint density at radius 3 is 2.95 bits per heavy atom. The molecule has 0 radical (unpaired) electrons. The van der Waals surface area contributed by atoms with Gasteiger partial charge in [0.05, 0.1) is 18.8 Å². The first-order valence-electron chi connectivity index (χ1n) is 7.35. The second-order valence-electron chi connectivity index (χ2n) is 5.72. The summed E-state index contributed by atoms with van der Waals surface area (Å²) >= 11 is 0. The molecule has 4 heteroatoms. The zero-order chi connectivity index (χ0) is 14.1. The first-order chi connectivity index (χ1) is 9.66. The Bertz CT molecular complexity index is 515. The summed E-state index contributed by atoms with van der Waals surface area (Å²) in [5.41, 5.74) is 1.31. The molecule has 0 N–H and O–H groups in total. The van der Waals surface area contributed by atoms with Crippen LogP contribution in [-0.4, -0.2) is 36.1 Å². The molecule has 3 nitrogen and oxygen atoms in total. The average Bonchev–Trinajstić information content (AvgIpc) is 2.46. The van der Waals surface area contributed by atoms with Gasteiger partial charge in [-0.2, -0.15) is 0 Å². The lowest BCUT2D eigenvalue weighted by atomic mass is 9.89. The quantitative estimate of drug-likeness (QED) is 0.790. The Hall–Kier alpha value is -1.42. The van der Waals surface area contributed by atoms with Crippen LogP contribution in [0.2, 0.25) is 0 Å². The number of benzene rings is 1. The number of carbonyl (C=O) groups excluding carboxylic acids is 1. The van der Waals surface area contributed by atoms with Crippen LogP contribution in [0.1, 0.15) is 41.6 Å². The van der Waals surface area contributed by atoms with Crippen molar-refractivity contribution < 1.29 is 13.9 Å². The first-order valence-corrected chi connectivity index (χ1v) is 7.35. The number of amides is 1. The number of rotatable bonds is 1. The molecule has 1 aromatic rings. The second-order valence-corrected chi connectivity index (χ2v) is 5.72. The van der Waals surface area contributed by atoms with E-state index in [0.29, 0.717) is 24.3 Å². The van der Waals surface area contributed by atoms with Crippen LogP contribution < -0.4 is 0 Å². The van der Waals surface area contributed by atoms with Crippen LogP contribution in [0.25, 0.3) is 0 Å². The molecule has 0 spiro atoms. The Labute approximate surface area is 118 Å². The van der Waals surface area contributed by atoms with Gasteiger partial charge in [-0.15, -0.1) is 0 Å². The van der Waals surface area contributed by atoms with Crippen molar-refractivity contribution in [2.75, 3.05) is 13.2 Å². The Morgan fingerprint density at radius 2 is 2.15 bits per heavy atom. The number of ether oxygens (including phenoxy) is 1. The van der Waals surface area contributed by atoms with Crippen molar-refractivity contribution in [3.8, 4) is 0 Å². The maximum Gasteiger partial charge on any atom is 0.254 e.